The van der Waals surface area contributed by atoms with Crippen LogP contribution in [0.5, 0.6) is 11.5 Å². The number of benzene rings is 2. The lowest BCUT2D eigenvalue weighted by Gasteiger charge is -2.07. The molecule has 0 saturated heterocycles. The molecule has 5 nitrogen and oxygen atoms in total. The average Bonchev–Trinajstić information content (AvgIpc) is 2.85. The standard InChI is InChI=1S/C27H30F2N2O3/c1-2-3-4-5-6-7-8-9-16-33-23-18-30-26(31-19-23)20-10-13-22(14-11-20)34-27(32)21-12-15-24(28)25(29)17-21/h10-15,17-19H,2-9,16H2,1H3. The van der Waals surface area contributed by atoms with Crippen LogP contribution in [0.4, 0.5) is 8.78 Å². The maximum absolute atomic E-state index is 13.3. The molecule has 3 aromatic rings. The molecule has 1 heterocycles. The van der Waals surface area contributed by atoms with Crippen LogP contribution in [0.1, 0.15) is 68.6 Å². The van der Waals surface area contributed by atoms with Crippen LogP contribution in [0.15, 0.2) is 54.9 Å². The fourth-order valence-corrected chi connectivity index (χ4v) is 3.43. The molecule has 34 heavy (non-hydrogen) atoms. The van der Waals surface area contributed by atoms with Crippen molar-refractivity contribution in [2.24, 2.45) is 0 Å². The van der Waals surface area contributed by atoms with E-state index in [1.165, 1.54) is 44.6 Å². The number of hydrogen-bond donors (Lipinski definition) is 0. The van der Waals surface area contributed by atoms with E-state index in [0.29, 0.717) is 18.2 Å². The highest BCUT2D eigenvalue weighted by atomic mass is 19.2. The van der Waals surface area contributed by atoms with Gasteiger partial charge in [-0.1, -0.05) is 51.9 Å². The van der Waals surface area contributed by atoms with Gasteiger partial charge in [-0.2, -0.15) is 0 Å². The van der Waals surface area contributed by atoms with E-state index in [-0.39, 0.29) is 11.3 Å². The van der Waals surface area contributed by atoms with Crippen molar-refractivity contribution in [2.75, 3.05) is 6.61 Å². The number of carbonyl (C=O) groups is 1. The van der Waals surface area contributed by atoms with Gasteiger partial charge in [0.05, 0.1) is 24.6 Å². The number of nitrogens with zero attached hydrogens (tertiary/aromatic N) is 2. The van der Waals surface area contributed by atoms with Crippen LogP contribution in [-0.2, 0) is 0 Å². The van der Waals surface area contributed by atoms with Crippen molar-refractivity contribution in [3.8, 4) is 22.9 Å². The number of carbonyl (C=O) groups excluding carboxylic acids is 1. The number of rotatable bonds is 13. The van der Waals surface area contributed by atoms with Gasteiger partial charge in [0, 0.05) is 5.56 Å². The van der Waals surface area contributed by atoms with Crippen LogP contribution in [0.2, 0.25) is 0 Å². The van der Waals surface area contributed by atoms with Crippen molar-refractivity contribution in [1.82, 2.24) is 9.97 Å². The van der Waals surface area contributed by atoms with Gasteiger partial charge in [0.15, 0.2) is 23.2 Å². The van der Waals surface area contributed by atoms with Gasteiger partial charge in [0.1, 0.15) is 5.75 Å². The fraction of sp³-hybridized carbons (Fsp3) is 0.370. The highest BCUT2D eigenvalue weighted by Crippen LogP contribution is 2.21. The van der Waals surface area contributed by atoms with Crippen LogP contribution in [0.3, 0.4) is 0 Å². The molecule has 0 fully saturated rings. The third-order valence-electron chi connectivity index (χ3n) is 5.37. The molecule has 7 heteroatoms. The second kappa shape index (κ2) is 13.4. The molecule has 0 aliphatic carbocycles. The predicted octanol–water partition coefficient (Wildman–Crippen LogP) is 7.16. The molecule has 0 atom stereocenters. The van der Waals surface area contributed by atoms with E-state index in [1.807, 2.05) is 0 Å². The third kappa shape index (κ3) is 7.90. The topological polar surface area (TPSA) is 61.3 Å². The Morgan fingerprint density at radius 2 is 1.44 bits per heavy atom. The largest absolute Gasteiger partial charge is 0.490 e. The molecule has 0 unspecified atom stereocenters. The van der Waals surface area contributed by atoms with E-state index in [4.69, 9.17) is 9.47 Å². The minimum Gasteiger partial charge on any atom is -0.490 e. The van der Waals surface area contributed by atoms with Gasteiger partial charge in [-0.25, -0.2) is 23.5 Å². The van der Waals surface area contributed by atoms with Crippen molar-refractivity contribution in [3.05, 3.63) is 72.1 Å². The number of esters is 1. The Hall–Kier alpha value is -3.35. The minimum atomic E-state index is -1.10. The van der Waals surface area contributed by atoms with Gasteiger partial charge < -0.3 is 9.47 Å². The van der Waals surface area contributed by atoms with E-state index >= 15 is 0 Å². The van der Waals surface area contributed by atoms with E-state index in [0.717, 1.165) is 30.5 Å². The number of ether oxygens (including phenoxy) is 2. The second-order valence-electron chi connectivity index (χ2n) is 8.11. The Labute approximate surface area is 199 Å². The molecule has 1 aromatic heterocycles. The Morgan fingerprint density at radius 1 is 0.794 bits per heavy atom. The molecule has 180 valence electrons. The Kier molecular flexibility index (Phi) is 9.95. The summed E-state index contributed by atoms with van der Waals surface area (Å²) in [6.07, 6.45) is 13.3. The van der Waals surface area contributed by atoms with Crippen LogP contribution >= 0.6 is 0 Å². The molecule has 0 aliphatic rings. The van der Waals surface area contributed by atoms with Crippen LogP contribution < -0.4 is 9.47 Å². The Morgan fingerprint density at radius 3 is 2.09 bits per heavy atom. The summed E-state index contributed by atoms with van der Waals surface area (Å²) in [7, 11) is 0. The van der Waals surface area contributed by atoms with E-state index in [1.54, 1.807) is 36.7 Å². The lowest BCUT2D eigenvalue weighted by atomic mass is 10.1. The van der Waals surface area contributed by atoms with E-state index < -0.39 is 17.6 Å². The van der Waals surface area contributed by atoms with Crippen molar-refractivity contribution in [1.29, 1.82) is 0 Å². The van der Waals surface area contributed by atoms with Crippen molar-refractivity contribution >= 4 is 5.97 Å². The minimum absolute atomic E-state index is 0.0751. The normalized spacial score (nSPS) is 10.8. The summed E-state index contributed by atoms with van der Waals surface area (Å²) in [4.78, 5) is 20.8. The molecule has 0 N–H and O–H groups in total. The van der Waals surface area contributed by atoms with Crippen LogP contribution in [0.25, 0.3) is 11.4 Å². The lowest BCUT2D eigenvalue weighted by Crippen LogP contribution is -2.09. The van der Waals surface area contributed by atoms with Gasteiger partial charge in [-0.3, -0.25) is 0 Å². The Balaban J connectivity index is 1.43. The first-order valence-corrected chi connectivity index (χ1v) is 11.8. The van der Waals surface area contributed by atoms with Crippen LogP contribution in [-0.4, -0.2) is 22.5 Å². The molecule has 0 radical (unpaired) electrons. The number of unbranched alkanes of at least 4 members (excludes halogenated alkanes) is 7. The summed E-state index contributed by atoms with van der Waals surface area (Å²) in [5.74, 6) is -1.50. The number of hydrogen-bond acceptors (Lipinski definition) is 5. The van der Waals surface area contributed by atoms with Crippen LogP contribution in [0, 0.1) is 11.6 Å². The molecule has 3 rings (SSSR count). The maximum atomic E-state index is 13.3. The number of halogens is 2. The summed E-state index contributed by atoms with van der Waals surface area (Å²) in [5.41, 5.74) is 0.663. The molecule has 0 bridgehead atoms. The summed E-state index contributed by atoms with van der Waals surface area (Å²) in [6.45, 7) is 2.88. The maximum Gasteiger partial charge on any atom is 0.343 e. The first kappa shape index (κ1) is 25.3. The van der Waals surface area contributed by atoms with Crippen molar-refractivity contribution in [3.63, 3.8) is 0 Å². The quantitative estimate of drug-likeness (QED) is 0.151. The van der Waals surface area contributed by atoms with Gasteiger partial charge >= 0.3 is 5.97 Å². The monoisotopic (exact) mass is 468 g/mol. The predicted molar refractivity (Wildman–Crippen MR) is 127 cm³/mol. The molecular formula is C27H30F2N2O3. The zero-order valence-corrected chi connectivity index (χ0v) is 19.4. The van der Waals surface area contributed by atoms with Gasteiger partial charge in [-0.15, -0.1) is 0 Å². The molecular weight excluding hydrogens is 438 g/mol. The summed E-state index contributed by atoms with van der Waals surface area (Å²) in [5, 5.41) is 0. The third-order valence-corrected chi connectivity index (χ3v) is 5.37. The molecule has 0 spiro atoms. The summed E-state index contributed by atoms with van der Waals surface area (Å²) < 4.78 is 37.3. The summed E-state index contributed by atoms with van der Waals surface area (Å²) >= 11 is 0. The van der Waals surface area contributed by atoms with Crippen molar-refractivity contribution in [2.45, 2.75) is 58.3 Å². The Bertz CT molecular complexity index is 1040. The zero-order chi connectivity index (χ0) is 24.2. The molecule has 0 saturated carbocycles. The lowest BCUT2D eigenvalue weighted by molar-refractivity contribution is 0.0734. The van der Waals surface area contributed by atoms with Gasteiger partial charge in [0.2, 0.25) is 0 Å². The second-order valence-corrected chi connectivity index (χ2v) is 8.11. The molecule has 2 aromatic carbocycles. The average molecular weight is 469 g/mol. The SMILES string of the molecule is CCCCCCCCCCOc1cnc(-c2ccc(OC(=O)c3ccc(F)c(F)c3)cc2)nc1. The van der Waals surface area contributed by atoms with Gasteiger partial charge in [0.25, 0.3) is 0 Å². The zero-order valence-electron chi connectivity index (χ0n) is 19.4. The number of aromatic nitrogens is 2. The van der Waals surface area contributed by atoms with Crippen molar-refractivity contribution < 1.29 is 23.0 Å². The molecule has 0 amide bonds. The highest BCUT2D eigenvalue weighted by Gasteiger charge is 2.12. The van der Waals surface area contributed by atoms with E-state index in [9.17, 15) is 13.6 Å². The molecule has 0 aliphatic heterocycles. The fourth-order valence-electron chi connectivity index (χ4n) is 3.43. The summed E-state index contributed by atoms with van der Waals surface area (Å²) in [6, 6.07) is 9.45. The first-order valence-electron chi connectivity index (χ1n) is 11.8. The van der Waals surface area contributed by atoms with Gasteiger partial charge in [-0.05, 0) is 48.9 Å². The highest BCUT2D eigenvalue weighted by molar-refractivity contribution is 5.91. The first-order chi connectivity index (χ1) is 16.6. The van der Waals surface area contributed by atoms with E-state index in [2.05, 4.69) is 16.9 Å². The smallest absolute Gasteiger partial charge is 0.343 e.